The monoisotopic (exact) mass is 261 g/mol. The summed E-state index contributed by atoms with van der Waals surface area (Å²) in [5.41, 5.74) is 6.64. The Bertz CT molecular complexity index is 522. The molecule has 0 bridgehead atoms. The van der Waals surface area contributed by atoms with Crippen LogP contribution in [-0.2, 0) is 0 Å². The summed E-state index contributed by atoms with van der Waals surface area (Å²) in [4.78, 5) is 4.27. The molecule has 0 fully saturated rings. The number of rotatable bonds is 5. The highest BCUT2D eigenvalue weighted by Gasteiger charge is 2.16. The molecule has 0 amide bonds. The molecule has 0 radical (unpaired) electrons. The number of aryl methyl sites for hydroxylation is 1. The second-order valence-corrected chi connectivity index (χ2v) is 5.12. The van der Waals surface area contributed by atoms with Crippen molar-refractivity contribution in [3.8, 4) is 0 Å². The Morgan fingerprint density at radius 3 is 2.72 bits per heavy atom. The third-order valence-electron chi connectivity index (χ3n) is 2.40. The Labute approximate surface area is 110 Å². The van der Waals surface area contributed by atoms with Crippen molar-refractivity contribution >= 4 is 17.6 Å². The molecule has 0 spiro atoms. The molecule has 0 saturated carbocycles. The third-order valence-corrected chi connectivity index (χ3v) is 3.52. The van der Waals surface area contributed by atoms with Crippen molar-refractivity contribution in [2.45, 2.75) is 23.8 Å². The van der Waals surface area contributed by atoms with Crippen molar-refractivity contribution in [2.24, 2.45) is 5.73 Å². The van der Waals surface area contributed by atoms with E-state index in [0.29, 0.717) is 11.6 Å². The third kappa shape index (κ3) is 3.33. The van der Waals surface area contributed by atoms with Gasteiger partial charge in [-0.2, -0.15) is 0 Å². The standard InChI is InChI=1S/C12H15N5S/c1-8-15-12(17-16-8)18-10(7-11(13)14)9-5-3-2-4-6-9/h2-6,10H,7H2,1H3,(H3,13,14)(H,15,16,17). The normalized spacial score (nSPS) is 12.3. The van der Waals surface area contributed by atoms with Crippen LogP contribution in [0.4, 0.5) is 0 Å². The average molecular weight is 261 g/mol. The highest BCUT2D eigenvalue weighted by Crippen LogP contribution is 2.35. The summed E-state index contributed by atoms with van der Waals surface area (Å²) in [5, 5.41) is 15.1. The van der Waals surface area contributed by atoms with E-state index in [1.54, 1.807) is 0 Å². The number of thioether (sulfide) groups is 1. The summed E-state index contributed by atoms with van der Waals surface area (Å²) < 4.78 is 0. The Kier molecular flexibility index (Phi) is 3.99. The highest BCUT2D eigenvalue weighted by atomic mass is 32.2. The van der Waals surface area contributed by atoms with Crippen LogP contribution in [0.2, 0.25) is 0 Å². The van der Waals surface area contributed by atoms with Gasteiger partial charge in [-0.1, -0.05) is 42.1 Å². The van der Waals surface area contributed by atoms with E-state index in [2.05, 4.69) is 15.2 Å². The maximum absolute atomic E-state index is 7.46. The number of aromatic nitrogens is 3. The van der Waals surface area contributed by atoms with Gasteiger partial charge in [-0.25, -0.2) is 4.98 Å². The van der Waals surface area contributed by atoms with E-state index in [0.717, 1.165) is 11.4 Å². The molecular weight excluding hydrogens is 246 g/mol. The van der Waals surface area contributed by atoms with Crippen LogP contribution in [0.3, 0.4) is 0 Å². The summed E-state index contributed by atoms with van der Waals surface area (Å²) in [7, 11) is 0. The first-order valence-electron chi connectivity index (χ1n) is 5.58. The van der Waals surface area contributed by atoms with Crippen molar-refractivity contribution in [1.29, 1.82) is 5.41 Å². The fraction of sp³-hybridized carbons (Fsp3) is 0.250. The van der Waals surface area contributed by atoms with Gasteiger partial charge in [0.15, 0.2) is 0 Å². The van der Waals surface area contributed by atoms with Crippen molar-refractivity contribution in [2.75, 3.05) is 0 Å². The molecule has 94 valence electrons. The van der Waals surface area contributed by atoms with E-state index >= 15 is 0 Å². The maximum atomic E-state index is 7.46. The smallest absolute Gasteiger partial charge is 0.209 e. The first kappa shape index (κ1) is 12.6. The summed E-state index contributed by atoms with van der Waals surface area (Å²) in [6.07, 6.45) is 0.488. The van der Waals surface area contributed by atoms with Gasteiger partial charge in [0.05, 0.1) is 5.84 Å². The minimum absolute atomic E-state index is 0.0684. The molecule has 1 heterocycles. The second-order valence-electron chi connectivity index (χ2n) is 3.95. The fourth-order valence-corrected chi connectivity index (χ4v) is 2.70. The first-order chi connectivity index (χ1) is 8.65. The number of nitrogens with zero attached hydrogens (tertiary/aromatic N) is 2. The lowest BCUT2D eigenvalue weighted by atomic mass is 10.1. The van der Waals surface area contributed by atoms with E-state index in [1.807, 2.05) is 37.3 Å². The number of aromatic amines is 1. The summed E-state index contributed by atoms with van der Waals surface area (Å²) in [5.74, 6) is 0.954. The van der Waals surface area contributed by atoms with Crippen LogP contribution in [0.25, 0.3) is 0 Å². The van der Waals surface area contributed by atoms with Crippen LogP contribution in [-0.4, -0.2) is 21.0 Å². The van der Waals surface area contributed by atoms with Gasteiger partial charge in [0, 0.05) is 11.7 Å². The minimum atomic E-state index is 0.0684. The number of nitrogens with one attached hydrogen (secondary N) is 2. The zero-order valence-corrected chi connectivity index (χ0v) is 10.9. The summed E-state index contributed by atoms with van der Waals surface area (Å²) >= 11 is 1.52. The van der Waals surface area contributed by atoms with Crippen LogP contribution in [0.15, 0.2) is 35.5 Å². The molecular formula is C12H15N5S. The molecule has 1 aromatic heterocycles. The van der Waals surface area contributed by atoms with E-state index in [9.17, 15) is 0 Å². The highest BCUT2D eigenvalue weighted by molar-refractivity contribution is 7.99. The Morgan fingerprint density at radius 2 is 2.17 bits per heavy atom. The molecule has 5 nitrogen and oxygen atoms in total. The Hall–Kier alpha value is -1.82. The molecule has 2 aromatic rings. The topological polar surface area (TPSA) is 91.4 Å². The van der Waals surface area contributed by atoms with Crippen LogP contribution in [0.5, 0.6) is 0 Å². The molecule has 4 N–H and O–H groups in total. The number of H-pyrrole nitrogens is 1. The number of amidine groups is 1. The van der Waals surface area contributed by atoms with Gasteiger partial charge in [0.2, 0.25) is 5.16 Å². The summed E-state index contributed by atoms with van der Waals surface area (Å²) in [6, 6.07) is 9.98. The van der Waals surface area contributed by atoms with E-state index in [-0.39, 0.29) is 11.1 Å². The van der Waals surface area contributed by atoms with Crippen LogP contribution in [0.1, 0.15) is 23.1 Å². The van der Waals surface area contributed by atoms with Crippen LogP contribution in [0, 0.1) is 12.3 Å². The van der Waals surface area contributed by atoms with E-state index in [4.69, 9.17) is 11.1 Å². The van der Waals surface area contributed by atoms with Gasteiger partial charge in [0.1, 0.15) is 5.82 Å². The van der Waals surface area contributed by atoms with E-state index < -0.39 is 0 Å². The zero-order chi connectivity index (χ0) is 13.0. The molecule has 0 saturated heterocycles. The van der Waals surface area contributed by atoms with Crippen LogP contribution < -0.4 is 5.73 Å². The molecule has 1 unspecified atom stereocenters. The minimum Gasteiger partial charge on any atom is -0.388 e. The summed E-state index contributed by atoms with van der Waals surface area (Å²) in [6.45, 7) is 1.86. The fourth-order valence-electron chi connectivity index (χ4n) is 1.60. The number of benzene rings is 1. The van der Waals surface area contributed by atoms with E-state index in [1.165, 1.54) is 11.8 Å². The average Bonchev–Trinajstić information content (AvgIpc) is 2.75. The van der Waals surface area contributed by atoms with Gasteiger partial charge in [-0.15, -0.1) is 5.10 Å². The first-order valence-corrected chi connectivity index (χ1v) is 6.46. The van der Waals surface area contributed by atoms with Crippen molar-refractivity contribution in [3.05, 3.63) is 41.7 Å². The molecule has 0 aliphatic heterocycles. The predicted octanol–water partition coefficient (Wildman–Crippen LogP) is 2.27. The van der Waals surface area contributed by atoms with Crippen molar-refractivity contribution < 1.29 is 0 Å². The van der Waals surface area contributed by atoms with Crippen molar-refractivity contribution in [1.82, 2.24) is 15.2 Å². The molecule has 2 rings (SSSR count). The SMILES string of the molecule is Cc1nc(SC(CC(=N)N)c2ccccc2)n[nH]1. The Balaban J connectivity index is 2.18. The van der Waals surface area contributed by atoms with Gasteiger partial charge in [0.25, 0.3) is 0 Å². The predicted molar refractivity (Wildman–Crippen MR) is 72.7 cm³/mol. The van der Waals surface area contributed by atoms with Gasteiger partial charge in [-0.05, 0) is 12.5 Å². The van der Waals surface area contributed by atoms with Gasteiger partial charge >= 0.3 is 0 Å². The lowest BCUT2D eigenvalue weighted by Crippen LogP contribution is -2.13. The van der Waals surface area contributed by atoms with Gasteiger partial charge < -0.3 is 5.73 Å². The quantitative estimate of drug-likeness (QED) is 0.437. The zero-order valence-electron chi connectivity index (χ0n) is 10.1. The number of hydrogen-bond donors (Lipinski definition) is 3. The number of hydrogen-bond acceptors (Lipinski definition) is 4. The van der Waals surface area contributed by atoms with Crippen molar-refractivity contribution in [3.63, 3.8) is 0 Å². The number of nitrogens with two attached hydrogens (primary N) is 1. The Morgan fingerprint density at radius 1 is 1.44 bits per heavy atom. The lowest BCUT2D eigenvalue weighted by molar-refractivity contribution is 0.936. The maximum Gasteiger partial charge on any atom is 0.209 e. The molecule has 18 heavy (non-hydrogen) atoms. The molecule has 1 aromatic carbocycles. The molecule has 0 aliphatic carbocycles. The second kappa shape index (κ2) is 5.68. The molecule has 1 atom stereocenters. The lowest BCUT2D eigenvalue weighted by Gasteiger charge is -2.14. The molecule has 0 aliphatic rings. The molecule has 6 heteroatoms. The van der Waals surface area contributed by atoms with Crippen LogP contribution >= 0.6 is 11.8 Å². The largest absolute Gasteiger partial charge is 0.388 e. The van der Waals surface area contributed by atoms with Gasteiger partial charge in [-0.3, -0.25) is 10.5 Å².